The molecule has 0 aromatic heterocycles. The van der Waals surface area contributed by atoms with E-state index in [-0.39, 0.29) is 18.1 Å². The molecule has 2 fully saturated rings. The van der Waals surface area contributed by atoms with Crippen LogP contribution in [0.15, 0.2) is 24.3 Å². The van der Waals surface area contributed by atoms with Crippen LogP contribution in [0, 0.1) is 0 Å². The van der Waals surface area contributed by atoms with Gasteiger partial charge in [-0.15, -0.1) is 0 Å². The van der Waals surface area contributed by atoms with Crippen LogP contribution in [0.2, 0.25) is 0 Å². The second-order valence-electron chi connectivity index (χ2n) is 6.88. The fraction of sp³-hybridized carbons (Fsp3) is 0.611. The summed E-state index contributed by atoms with van der Waals surface area (Å²) < 4.78 is 5.72. The first-order chi connectivity index (χ1) is 11.1. The largest absolute Gasteiger partial charge is 0.372 e. The maximum Gasteiger partial charge on any atom is 0.279 e. The molecule has 5 heteroatoms. The third-order valence-corrected chi connectivity index (χ3v) is 4.65. The summed E-state index contributed by atoms with van der Waals surface area (Å²) in [6.07, 6.45) is 3.00. The van der Waals surface area contributed by atoms with E-state index in [1.807, 2.05) is 12.1 Å². The van der Waals surface area contributed by atoms with Crippen molar-refractivity contribution in [3.63, 3.8) is 0 Å². The molecule has 3 rings (SSSR count). The zero-order valence-corrected chi connectivity index (χ0v) is 14.2. The molecule has 0 unspecified atom stereocenters. The molecule has 2 atom stereocenters. The number of nitrogens with one attached hydrogen (secondary N) is 2. The summed E-state index contributed by atoms with van der Waals surface area (Å²) >= 11 is 0. The maximum absolute atomic E-state index is 12.3. The van der Waals surface area contributed by atoms with Crippen molar-refractivity contribution in [2.45, 2.75) is 38.9 Å². The molecule has 0 radical (unpaired) electrons. The SMILES string of the molecule is C[C@H]1C[NH+](CC(=O)Nc2ccc(N3CCCC3)cc2)C[C@H](C)O1. The van der Waals surface area contributed by atoms with E-state index in [4.69, 9.17) is 4.74 Å². The van der Waals surface area contributed by atoms with Crippen LogP contribution in [-0.4, -0.2) is 50.8 Å². The van der Waals surface area contributed by atoms with Gasteiger partial charge in [-0.2, -0.15) is 0 Å². The monoisotopic (exact) mass is 318 g/mol. The van der Waals surface area contributed by atoms with Gasteiger partial charge in [0.2, 0.25) is 0 Å². The first-order valence-corrected chi connectivity index (χ1v) is 8.74. The van der Waals surface area contributed by atoms with E-state index < -0.39 is 0 Å². The minimum Gasteiger partial charge on any atom is -0.372 e. The van der Waals surface area contributed by atoms with Crippen LogP contribution in [0.5, 0.6) is 0 Å². The summed E-state index contributed by atoms with van der Waals surface area (Å²) in [6.45, 7) is 8.73. The summed E-state index contributed by atoms with van der Waals surface area (Å²) in [7, 11) is 0. The summed E-state index contributed by atoms with van der Waals surface area (Å²) in [6, 6.07) is 8.22. The van der Waals surface area contributed by atoms with Gasteiger partial charge in [-0.05, 0) is 51.0 Å². The number of hydrogen-bond donors (Lipinski definition) is 2. The first-order valence-electron chi connectivity index (χ1n) is 8.74. The first kappa shape index (κ1) is 16.3. The van der Waals surface area contributed by atoms with Crippen molar-refractivity contribution >= 4 is 17.3 Å². The highest BCUT2D eigenvalue weighted by Gasteiger charge is 2.27. The molecule has 126 valence electrons. The molecular formula is C18H28N3O2+. The van der Waals surface area contributed by atoms with Gasteiger partial charge in [-0.1, -0.05) is 0 Å². The molecule has 1 amide bonds. The number of benzene rings is 1. The Morgan fingerprint density at radius 1 is 1.17 bits per heavy atom. The van der Waals surface area contributed by atoms with Crippen molar-refractivity contribution in [1.82, 2.24) is 0 Å². The normalized spacial score (nSPS) is 27.9. The van der Waals surface area contributed by atoms with Gasteiger partial charge in [0.15, 0.2) is 6.54 Å². The van der Waals surface area contributed by atoms with Crippen molar-refractivity contribution in [2.75, 3.05) is 42.9 Å². The lowest BCUT2D eigenvalue weighted by molar-refractivity contribution is -0.907. The average Bonchev–Trinajstić information content (AvgIpc) is 3.01. The highest BCUT2D eigenvalue weighted by atomic mass is 16.5. The van der Waals surface area contributed by atoms with Crippen LogP contribution >= 0.6 is 0 Å². The van der Waals surface area contributed by atoms with Crippen molar-refractivity contribution in [3.8, 4) is 0 Å². The molecule has 2 aliphatic heterocycles. The number of hydrogen-bond acceptors (Lipinski definition) is 3. The number of carbonyl (C=O) groups excluding carboxylic acids is 1. The molecule has 2 aliphatic rings. The molecule has 2 N–H and O–H groups in total. The second kappa shape index (κ2) is 7.32. The standard InChI is InChI=1S/C18H27N3O2/c1-14-11-20(12-15(2)23-14)13-18(22)19-16-5-7-17(8-6-16)21-9-3-4-10-21/h5-8,14-15H,3-4,9-13H2,1-2H3,(H,19,22)/p+1/t14-,15-/m0/s1. The van der Waals surface area contributed by atoms with Crippen LogP contribution in [0.3, 0.4) is 0 Å². The molecule has 5 nitrogen and oxygen atoms in total. The number of anilines is 2. The molecule has 0 saturated carbocycles. The number of ether oxygens (including phenoxy) is 1. The maximum atomic E-state index is 12.3. The number of quaternary nitrogens is 1. The van der Waals surface area contributed by atoms with E-state index in [1.54, 1.807) is 0 Å². The smallest absolute Gasteiger partial charge is 0.279 e. The van der Waals surface area contributed by atoms with E-state index in [9.17, 15) is 4.79 Å². The van der Waals surface area contributed by atoms with Gasteiger partial charge >= 0.3 is 0 Å². The Labute approximate surface area is 138 Å². The molecule has 0 bridgehead atoms. The zero-order valence-electron chi connectivity index (χ0n) is 14.2. The molecule has 2 saturated heterocycles. The van der Waals surface area contributed by atoms with E-state index in [1.165, 1.54) is 23.4 Å². The third kappa shape index (κ3) is 4.45. The highest BCUT2D eigenvalue weighted by molar-refractivity contribution is 5.91. The van der Waals surface area contributed by atoms with Gasteiger partial charge in [0.1, 0.15) is 25.3 Å². The van der Waals surface area contributed by atoms with Crippen LogP contribution in [0.25, 0.3) is 0 Å². The van der Waals surface area contributed by atoms with Crippen molar-refractivity contribution in [3.05, 3.63) is 24.3 Å². The fourth-order valence-electron chi connectivity index (χ4n) is 3.70. The number of nitrogens with zero attached hydrogens (tertiary/aromatic N) is 1. The molecular weight excluding hydrogens is 290 g/mol. The highest BCUT2D eigenvalue weighted by Crippen LogP contribution is 2.21. The molecule has 1 aromatic carbocycles. The Morgan fingerprint density at radius 2 is 1.78 bits per heavy atom. The van der Waals surface area contributed by atoms with Crippen LogP contribution in [0.4, 0.5) is 11.4 Å². The molecule has 2 heterocycles. The van der Waals surface area contributed by atoms with Crippen LogP contribution in [0.1, 0.15) is 26.7 Å². The number of amides is 1. The van der Waals surface area contributed by atoms with Gasteiger partial charge < -0.3 is 19.9 Å². The number of morpholine rings is 1. The Bertz CT molecular complexity index is 516. The Morgan fingerprint density at radius 3 is 2.39 bits per heavy atom. The Hall–Kier alpha value is -1.59. The third-order valence-electron chi connectivity index (χ3n) is 4.65. The van der Waals surface area contributed by atoms with Crippen LogP contribution < -0.4 is 15.1 Å². The van der Waals surface area contributed by atoms with E-state index >= 15 is 0 Å². The van der Waals surface area contributed by atoms with Gasteiger partial charge in [0.25, 0.3) is 5.91 Å². The second-order valence-corrected chi connectivity index (χ2v) is 6.88. The Kier molecular flexibility index (Phi) is 5.18. The summed E-state index contributed by atoms with van der Waals surface area (Å²) in [5.74, 6) is 0.0789. The van der Waals surface area contributed by atoms with Gasteiger partial charge in [-0.25, -0.2) is 0 Å². The lowest BCUT2D eigenvalue weighted by Crippen LogP contribution is -3.16. The fourth-order valence-corrected chi connectivity index (χ4v) is 3.70. The van der Waals surface area contributed by atoms with Crippen molar-refractivity contribution < 1.29 is 14.4 Å². The van der Waals surface area contributed by atoms with Gasteiger partial charge in [-0.3, -0.25) is 4.79 Å². The van der Waals surface area contributed by atoms with Crippen molar-refractivity contribution in [1.29, 1.82) is 0 Å². The molecule has 23 heavy (non-hydrogen) atoms. The zero-order chi connectivity index (χ0) is 16.2. The molecule has 0 spiro atoms. The topological polar surface area (TPSA) is 46.0 Å². The summed E-state index contributed by atoms with van der Waals surface area (Å²) in [4.78, 5) is 15.9. The minimum absolute atomic E-state index is 0.0789. The predicted octanol–water partition coefficient (Wildman–Crippen LogP) is 0.917. The van der Waals surface area contributed by atoms with Crippen LogP contribution in [-0.2, 0) is 9.53 Å². The minimum atomic E-state index is 0.0789. The van der Waals surface area contributed by atoms with Gasteiger partial charge in [0, 0.05) is 24.5 Å². The number of carbonyl (C=O) groups is 1. The predicted molar refractivity (Wildman–Crippen MR) is 92.1 cm³/mol. The average molecular weight is 318 g/mol. The summed E-state index contributed by atoms with van der Waals surface area (Å²) in [5, 5.41) is 3.02. The lowest BCUT2D eigenvalue weighted by Gasteiger charge is -2.31. The van der Waals surface area contributed by atoms with E-state index in [0.29, 0.717) is 6.54 Å². The molecule has 0 aliphatic carbocycles. The number of rotatable bonds is 4. The lowest BCUT2D eigenvalue weighted by atomic mass is 10.2. The quantitative estimate of drug-likeness (QED) is 0.868. The Balaban J connectivity index is 1.51. The molecule has 1 aromatic rings. The summed E-state index contributed by atoms with van der Waals surface area (Å²) in [5.41, 5.74) is 2.13. The van der Waals surface area contributed by atoms with Gasteiger partial charge in [0.05, 0.1) is 0 Å². The van der Waals surface area contributed by atoms with Crippen molar-refractivity contribution in [2.24, 2.45) is 0 Å². The van der Waals surface area contributed by atoms with E-state index in [0.717, 1.165) is 31.9 Å². The van der Waals surface area contributed by atoms with E-state index in [2.05, 4.69) is 36.2 Å².